The van der Waals surface area contributed by atoms with Crippen LogP contribution >= 0.6 is 0 Å². The maximum Gasteiger partial charge on any atom is 0.355 e. The molecule has 1 saturated heterocycles. The van der Waals surface area contributed by atoms with Gasteiger partial charge in [-0.3, -0.25) is 4.79 Å². The van der Waals surface area contributed by atoms with Gasteiger partial charge in [-0.15, -0.1) is 0 Å². The Bertz CT molecular complexity index is 943. The topological polar surface area (TPSA) is 65.1 Å². The predicted molar refractivity (Wildman–Crippen MR) is 154 cm³/mol. The third-order valence-corrected chi connectivity index (χ3v) is 18.9. The van der Waals surface area contributed by atoms with Crippen molar-refractivity contribution in [3.63, 3.8) is 0 Å². The molecule has 1 aliphatic carbocycles. The Hall–Kier alpha value is -1.23. The van der Waals surface area contributed by atoms with Crippen LogP contribution in [0.3, 0.4) is 0 Å². The number of ether oxygens (including phenoxy) is 1. The molecule has 3 rings (SSSR count). The lowest BCUT2D eigenvalue weighted by molar-refractivity contribution is -0.163. The van der Waals surface area contributed by atoms with Crippen molar-refractivity contribution >= 4 is 28.5 Å². The number of hydrogen-bond donors (Lipinski definition) is 0. The number of amides is 1. The summed E-state index contributed by atoms with van der Waals surface area (Å²) in [6.45, 7) is 28.9. The van der Waals surface area contributed by atoms with Gasteiger partial charge in [0.2, 0.25) is 5.91 Å². The molecule has 0 radical (unpaired) electrons. The fraction of sp³-hybridized carbons (Fsp3) is 0.793. The number of hydrogen-bond acceptors (Lipinski definition) is 5. The minimum absolute atomic E-state index is 0.00673. The van der Waals surface area contributed by atoms with E-state index in [1.165, 1.54) is 0 Å². The quantitative estimate of drug-likeness (QED) is 0.139. The van der Waals surface area contributed by atoms with E-state index in [4.69, 9.17) is 13.6 Å². The van der Waals surface area contributed by atoms with E-state index >= 15 is 0 Å². The maximum absolute atomic E-state index is 13.7. The van der Waals surface area contributed by atoms with Crippen molar-refractivity contribution in [2.75, 3.05) is 13.2 Å². The molecule has 0 bridgehead atoms. The summed E-state index contributed by atoms with van der Waals surface area (Å²) in [5.41, 5.74) is 1.56. The smallest absolute Gasteiger partial charge is 0.355 e. The van der Waals surface area contributed by atoms with Gasteiger partial charge in [0.25, 0.3) is 0 Å². The highest BCUT2D eigenvalue weighted by atomic mass is 28.4. The second-order valence-electron chi connectivity index (χ2n) is 14.3. The number of nitrogens with zero attached hydrogens (tertiary/aromatic N) is 1. The van der Waals surface area contributed by atoms with Gasteiger partial charge >= 0.3 is 5.97 Å². The average molecular weight is 550 g/mol. The molecule has 1 amide bonds. The summed E-state index contributed by atoms with van der Waals surface area (Å²) in [4.78, 5) is 28.8. The van der Waals surface area contributed by atoms with E-state index < -0.39 is 22.6 Å². The zero-order valence-corrected chi connectivity index (χ0v) is 27.2. The van der Waals surface area contributed by atoms with Crippen LogP contribution in [0.25, 0.3) is 0 Å². The molecule has 3 aliphatic rings. The molecule has 8 heteroatoms. The number of β-lactam (4-membered cyclic amide) rings is 1. The molecule has 0 aromatic heterocycles. The first kappa shape index (κ1) is 30.3. The summed E-state index contributed by atoms with van der Waals surface area (Å²) >= 11 is 0. The van der Waals surface area contributed by atoms with Gasteiger partial charge < -0.3 is 18.5 Å². The van der Waals surface area contributed by atoms with Gasteiger partial charge in [0, 0.05) is 18.4 Å². The second kappa shape index (κ2) is 10.4. The molecular formula is C29H51NO5Si2. The van der Waals surface area contributed by atoms with Crippen molar-refractivity contribution in [3.05, 3.63) is 23.9 Å². The summed E-state index contributed by atoms with van der Waals surface area (Å²) in [6.07, 6.45) is 4.39. The summed E-state index contributed by atoms with van der Waals surface area (Å²) in [7, 11) is -4.01. The number of carbonyl (C=O) groups is 2. The van der Waals surface area contributed by atoms with Crippen LogP contribution in [0.4, 0.5) is 0 Å². The van der Waals surface area contributed by atoms with Gasteiger partial charge in [-0.1, -0.05) is 60.6 Å². The Labute approximate surface area is 227 Å². The Balaban J connectivity index is 1.93. The molecule has 6 nitrogen and oxygen atoms in total. The van der Waals surface area contributed by atoms with E-state index in [-0.39, 0.29) is 52.5 Å². The lowest BCUT2D eigenvalue weighted by atomic mass is 9.69. The summed E-state index contributed by atoms with van der Waals surface area (Å²) < 4.78 is 18.9. The molecule has 2 aliphatic heterocycles. The van der Waals surface area contributed by atoms with Crippen molar-refractivity contribution in [3.8, 4) is 0 Å². The molecule has 0 aromatic rings. The Morgan fingerprint density at radius 3 is 2.22 bits per heavy atom. The number of rotatable bonds is 9. The van der Waals surface area contributed by atoms with Crippen LogP contribution < -0.4 is 0 Å². The van der Waals surface area contributed by atoms with Crippen LogP contribution in [0.1, 0.15) is 67.7 Å². The van der Waals surface area contributed by atoms with Crippen molar-refractivity contribution in [1.82, 2.24) is 4.90 Å². The summed E-state index contributed by atoms with van der Waals surface area (Å²) in [6, 6.07) is -0.0378. The zero-order valence-electron chi connectivity index (χ0n) is 25.2. The number of esters is 1. The standard InChI is InChI=1S/C29H51NO5Si2/c1-13-17-33-27(32)25-23-20(18-34-36(9,10)28(3,4)5)15-14-16-21(23)24-22(26(31)30(24)25)19(2)35-37(11,12)29(6,7)8/h13,19-22,24H,1,14-18H2,2-12H3/t19-,20+,21-,22-,24-/m1/s1. The zero-order chi connectivity index (χ0) is 28.1. The van der Waals surface area contributed by atoms with Crippen molar-refractivity contribution in [2.24, 2.45) is 17.8 Å². The van der Waals surface area contributed by atoms with E-state index in [0.717, 1.165) is 24.8 Å². The predicted octanol–water partition coefficient (Wildman–Crippen LogP) is 6.66. The lowest BCUT2D eigenvalue weighted by Gasteiger charge is -2.51. The van der Waals surface area contributed by atoms with Crippen LogP contribution in [-0.2, 0) is 23.2 Å². The number of carbonyl (C=O) groups excluding carboxylic acids is 2. The fourth-order valence-electron chi connectivity index (χ4n) is 5.59. The molecule has 5 atom stereocenters. The monoisotopic (exact) mass is 549 g/mol. The number of fused-ring (bicyclic) bond motifs is 3. The van der Waals surface area contributed by atoms with Crippen LogP contribution in [-0.4, -0.2) is 58.8 Å². The van der Waals surface area contributed by atoms with E-state index in [1.807, 2.05) is 0 Å². The van der Waals surface area contributed by atoms with E-state index in [2.05, 4.69) is 81.2 Å². The molecule has 2 heterocycles. The first-order chi connectivity index (χ1) is 16.9. The fourth-order valence-corrected chi connectivity index (χ4v) is 8.07. The third kappa shape index (κ3) is 5.59. The van der Waals surface area contributed by atoms with E-state index in [9.17, 15) is 9.59 Å². The highest BCUT2D eigenvalue weighted by Crippen LogP contribution is 2.55. The van der Waals surface area contributed by atoms with Crippen molar-refractivity contribution < 1.29 is 23.2 Å². The lowest BCUT2D eigenvalue weighted by Crippen LogP contribution is -2.65. The van der Waals surface area contributed by atoms with Gasteiger partial charge in [0.05, 0.1) is 18.1 Å². The SMILES string of the molecule is C=CCOC(=O)C1=C2[C@H](CO[Si](C)(C)C(C)(C)C)CCC[C@H]2[C@@H]2[C@@H]([C@@H](C)O[Si](C)(C)C(C)(C)C)C(=O)N12. The van der Waals surface area contributed by atoms with Crippen LogP contribution in [0, 0.1) is 17.8 Å². The van der Waals surface area contributed by atoms with Crippen molar-refractivity contribution in [2.45, 2.75) is 116 Å². The minimum atomic E-state index is -2.05. The van der Waals surface area contributed by atoms with Crippen LogP contribution in [0.5, 0.6) is 0 Å². The molecule has 37 heavy (non-hydrogen) atoms. The highest BCUT2D eigenvalue weighted by molar-refractivity contribution is 6.74. The first-order valence-electron chi connectivity index (χ1n) is 14.0. The summed E-state index contributed by atoms with van der Waals surface area (Å²) in [5.74, 6) is -0.381. The molecule has 210 valence electrons. The Morgan fingerprint density at radius 2 is 1.68 bits per heavy atom. The largest absolute Gasteiger partial charge is 0.457 e. The Kier molecular flexibility index (Phi) is 8.52. The maximum atomic E-state index is 13.7. The summed E-state index contributed by atoms with van der Waals surface area (Å²) in [5, 5.41) is 0.167. The first-order valence-corrected chi connectivity index (χ1v) is 19.8. The molecule has 0 aromatic carbocycles. The molecule has 1 saturated carbocycles. The van der Waals surface area contributed by atoms with E-state index in [0.29, 0.717) is 12.3 Å². The molecule has 0 unspecified atom stereocenters. The molecule has 0 spiro atoms. The Morgan fingerprint density at radius 1 is 1.08 bits per heavy atom. The van der Waals surface area contributed by atoms with Crippen LogP contribution in [0.2, 0.25) is 36.3 Å². The molecule has 0 N–H and O–H groups in total. The van der Waals surface area contributed by atoms with Gasteiger partial charge in [0.15, 0.2) is 16.6 Å². The average Bonchev–Trinajstić information content (AvgIpc) is 3.05. The van der Waals surface area contributed by atoms with Gasteiger partial charge in [0.1, 0.15) is 12.3 Å². The third-order valence-electron chi connectivity index (χ3n) is 9.79. The second-order valence-corrected chi connectivity index (χ2v) is 23.9. The van der Waals surface area contributed by atoms with Gasteiger partial charge in [-0.25, -0.2) is 4.79 Å². The highest BCUT2D eigenvalue weighted by Gasteiger charge is 2.63. The van der Waals surface area contributed by atoms with Crippen molar-refractivity contribution in [1.29, 1.82) is 0 Å². The van der Waals surface area contributed by atoms with Crippen LogP contribution in [0.15, 0.2) is 23.9 Å². The normalized spacial score (nSPS) is 27.4. The van der Waals surface area contributed by atoms with Gasteiger partial charge in [-0.2, -0.15) is 0 Å². The van der Waals surface area contributed by atoms with E-state index in [1.54, 1.807) is 11.0 Å². The molecule has 2 fully saturated rings. The van der Waals surface area contributed by atoms with Gasteiger partial charge in [-0.05, 0) is 61.6 Å². The minimum Gasteiger partial charge on any atom is -0.457 e. The molecular weight excluding hydrogens is 498 g/mol.